The number of nitrogens with zero attached hydrogens (tertiary/aromatic N) is 1. The molecule has 17 heavy (non-hydrogen) atoms. The highest BCUT2D eigenvalue weighted by molar-refractivity contribution is 5.94. The molecule has 3 nitrogen and oxygen atoms in total. The lowest BCUT2D eigenvalue weighted by atomic mass is 9.92. The van der Waals surface area contributed by atoms with Crippen LogP contribution >= 0.6 is 0 Å². The maximum absolute atomic E-state index is 13.3. The van der Waals surface area contributed by atoms with Gasteiger partial charge in [0.1, 0.15) is 0 Å². The zero-order chi connectivity index (χ0) is 12.5. The Morgan fingerprint density at radius 1 is 1.59 bits per heavy atom. The van der Waals surface area contributed by atoms with Gasteiger partial charge < -0.3 is 5.32 Å². The molecule has 1 amide bonds. The minimum absolute atomic E-state index is 0.0738. The summed E-state index contributed by atoms with van der Waals surface area (Å²) in [6, 6.07) is 1.56. The maximum Gasteiger partial charge on any atom is 0.254 e. The van der Waals surface area contributed by atoms with Crippen molar-refractivity contribution in [1.82, 2.24) is 10.3 Å². The Balaban J connectivity index is 2.01. The van der Waals surface area contributed by atoms with E-state index in [1.165, 1.54) is 12.3 Å². The van der Waals surface area contributed by atoms with Crippen LogP contribution in [0.3, 0.4) is 0 Å². The van der Waals surface area contributed by atoms with E-state index in [1.54, 1.807) is 0 Å². The molecule has 1 fully saturated rings. The minimum atomic E-state index is -0.567. The van der Waals surface area contributed by atoms with Gasteiger partial charge in [-0.05, 0) is 30.7 Å². The summed E-state index contributed by atoms with van der Waals surface area (Å²) in [6.45, 7) is 4.37. The Labute approximate surface area is 100 Å². The van der Waals surface area contributed by atoms with E-state index in [1.807, 2.05) is 0 Å². The van der Waals surface area contributed by atoms with Crippen LogP contribution in [0, 0.1) is 11.2 Å². The lowest BCUT2D eigenvalue weighted by Crippen LogP contribution is -2.34. The van der Waals surface area contributed by atoms with Crippen LogP contribution in [0.25, 0.3) is 0 Å². The van der Waals surface area contributed by atoms with Crippen LogP contribution in [0.2, 0.25) is 0 Å². The van der Waals surface area contributed by atoms with Crippen LogP contribution in [-0.4, -0.2) is 16.9 Å². The normalized spacial score (nSPS) is 22.4. The lowest BCUT2D eigenvalue weighted by molar-refractivity contribution is 0.0932. The van der Waals surface area contributed by atoms with Gasteiger partial charge in [0.25, 0.3) is 5.91 Å². The van der Waals surface area contributed by atoms with Crippen LogP contribution in [0.1, 0.15) is 43.5 Å². The van der Waals surface area contributed by atoms with E-state index in [0.717, 1.165) is 25.5 Å². The molecule has 0 saturated heterocycles. The summed E-state index contributed by atoms with van der Waals surface area (Å²) >= 11 is 0. The molecule has 1 aliphatic rings. The molecule has 4 heteroatoms. The van der Waals surface area contributed by atoms with Gasteiger partial charge >= 0.3 is 0 Å². The number of halogens is 1. The summed E-state index contributed by atoms with van der Waals surface area (Å²) in [7, 11) is 0. The van der Waals surface area contributed by atoms with Gasteiger partial charge in [-0.25, -0.2) is 4.39 Å². The summed E-state index contributed by atoms with van der Waals surface area (Å²) in [5.74, 6) is -0.908. The van der Waals surface area contributed by atoms with Gasteiger partial charge in [-0.1, -0.05) is 13.8 Å². The molecule has 1 saturated carbocycles. The second-order valence-corrected chi connectivity index (χ2v) is 5.43. The van der Waals surface area contributed by atoms with Crippen molar-refractivity contribution in [2.75, 3.05) is 0 Å². The minimum Gasteiger partial charge on any atom is -0.349 e. The SMILES string of the molecule is CC1(C)CCC(NC(=O)c2ccncc2F)C1. The molecule has 0 bridgehead atoms. The molecule has 1 aliphatic carbocycles. The Bertz CT molecular complexity index is 431. The fraction of sp³-hybridized carbons (Fsp3) is 0.538. The van der Waals surface area contributed by atoms with Gasteiger partial charge in [0.15, 0.2) is 5.82 Å². The second kappa shape index (κ2) is 4.43. The first-order valence-electron chi connectivity index (χ1n) is 5.88. The molecular weight excluding hydrogens is 219 g/mol. The summed E-state index contributed by atoms with van der Waals surface area (Å²) < 4.78 is 13.3. The molecule has 1 heterocycles. The van der Waals surface area contributed by atoms with Crippen LogP contribution in [0.5, 0.6) is 0 Å². The zero-order valence-corrected chi connectivity index (χ0v) is 10.2. The van der Waals surface area contributed by atoms with E-state index in [4.69, 9.17) is 0 Å². The number of aromatic nitrogens is 1. The van der Waals surface area contributed by atoms with Crippen molar-refractivity contribution >= 4 is 5.91 Å². The third kappa shape index (κ3) is 2.81. The highest BCUT2D eigenvalue weighted by Gasteiger charge is 2.32. The highest BCUT2D eigenvalue weighted by atomic mass is 19.1. The Kier molecular flexibility index (Phi) is 3.13. The van der Waals surface area contributed by atoms with Crippen molar-refractivity contribution in [3.8, 4) is 0 Å². The van der Waals surface area contributed by atoms with E-state index < -0.39 is 5.82 Å². The van der Waals surface area contributed by atoms with Crippen molar-refractivity contribution in [3.63, 3.8) is 0 Å². The molecule has 2 rings (SSSR count). The fourth-order valence-corrected chi connectivity index (χ4v) is 2.38. The average Bonchev–Trinajstić information content (AvgIpc) is 2.58. The van der Waals surface area contributed by atoms with Gasteiger partial charge in [-0.15, -0.1) is 0 Å². The van der Waals surface area contributed by atoms with Crippen LogP contribution < -0.4 is 5.32 Å². The van der Waals surface area contributed by atoms with Gasteiger partial charge in [-0.2, -0.15) is 0 Å². The molecule has 0 spiro atoms. The van der Waals surface area contributed by atoms with Gasteiger partial charge in [0.2, 0.25) is 0 Å². The molecule has 0 radical (unpaired) electrons. The van der Waals surface area contributed by atoms with Gasteiger partial charge in [0, 0.05) is 12.2 Å². The van der Waals surface area contributed by atoms with Crippen molar-refractivity contribution in [2.45, 2.75) is 39.2 Å². The van der Waals surface area contributed by atoms with E-state index in [9.17, 15) is 9.18 Å². The number of carbonyl (C=O) groups is 1. The maximum atomic E-state index is 13.3. The van der Waals surface area contributed by atoms with Crippen LogP contribution in [-0.2, 0) is 0 Å². The van der Waals surface area contributed by atoms with Crippen LogP contribution in [0.4, 0.5) is 4.39 Å². The first-order chi connectivity index (χ1) is 7.98. The molecule has 1 unspecified atom stereocenters. The number of pyridine rings is 1. The van der Waals surface area contributed by atoms with E-state index >= 15 is 0 Å². The number of carbonyl (C=O) groups excluding carboxylic acids is 1. The topological polar surface area (TPSA) is 42.0 Å². The predicted molar refractivity (Wildman–Crippen MR) is 63.1 cm³/mol. The molecule has 0 aliphatic heterocycles. The summed E-state index contributed by atoms with van der Waals surface area (Å²) in [4.78, 5) is 15.5. The van der Waals surface area contributed by atoms with Crippen LogP contribution in [0.15, 0.2) is 18.5 Å². The number of rotatable bonds is 2. The monoisotopic (exact) mass is 236 g/mol. The quantitative estimate of drug-likeness (QED) is 0.857. The lowest BCUT2D eigenvalue weighted by Gasteiger charge is -2.17. The van der Waals surface area contributed by atoms with Crippen molar-refractivity contribution < 1.29 is 9.18 Å². The predicted octanol–water partition coefficient (Wildman–Crippen LogP) is 2.53. The summed E-state index contributed by atoms with van der Waals surface area (Å²) in [5, 5.41) is 2.88. The number of amides is 1. The fourth-order valence-electron chi connectivity index (χ4n) is 2.38. The Morgan fingerprint density at radius 2 is 2.35 bits per heavy atom. The highest BCUT2D eigenvalue weighted by Crippen LogP contribution is 2.36. The average molecular weight is 236 g/mol. The van der Waals surface area contributed by atoms with Crippen molar-refractivity contribution in [3.05, 3.63) is 29.8 Å². The molecule has 0 aromatic carbocycles. The smallest absolute Gasteiger partial charge is 0.254 e. The molecule has 1 atom stereocenters. The largest absolute Gasteiger partial charge is 0.349 e. The summed E-state index contributed by atoms with van der Waals surface area (Å²) in [6.07, 6.45) is 5.50. The molecule has 1 aromatic rings. The van der Waals surface area contributed by atoms with E-state index in [2.05, 4.69) is 24.1 Å². The molecule has 1 N–H and O–H groups in total. The number of hydrogen-bond acceptors (Lipinski definition) is 2. The van der Waals surface area contributed by atoms with E-state index in [0.29, 0.717) is 0 Å². The molecular formula is C13H17FN2O. The molecule has 92 valence electrons. The third-order valence-corrected chi connectivity index (χ3v) is 3.32. The van der Waals surface area contributed by atoms with Gasteiger partial charge in [0.05, 0.1) is 11.8 Å². The first-order valence-corrected chi connectivity index (χ1v) is 5.88. The first kappa shape index (κ1) is 12.0. The number of nitrogens with one attached hydrogen (secondary N) is 1. The molecule has 1 aromatic heterocycles. The third-order valence-electron chi connectivity index (χ3n) is 3.32. The summed E-state index contributed by atoms with van der Waals surface area (Å²) in [5.41, 5.74) is 0.346. The Morgan fingerprint density at radius 3 is 2.94 bits per heavy atom. The van der Waals surface area contributed by atoms with Crippen molar-refractivity contribution in [2.24, 2.45) is 5.41 Å². The second-order valence-electron chi connectivity index (χ2n) is 5.43. The standard InChI is InChI=1S/C13H17FN2O/c1-13(2)5-3-9(7-13)16-12(17)10-4-6-15-8-11(10)14/h4,6,8-9H,3,5,7H2,1-2H3,(H,16,17). The zero-order valence-electron chi connectivity index (χ0n) is 10.2. The van der Waals surface area contributed by atoms with Gasteiger partial charge in [-0.3, -0.25) is 9.78 Å². The Hall–Kier alpha value is -1.45. The van der Waals surface area contributed by atoms with E-state index in [-0.39, 0.29) is 22.9 Å². The number of hydrogen-bond donors (Lipinski definition) is 1. The van der Waals surface area contributed by atoms with Crippen molar-refractivity contribution in [1.29, 1.82) is 0 Å².